The summed E-state index contributed by atoms with van der Waals surface area (Å²) in [4.78, 5) is 13.8. The van der Waals surface area contributed by atoms with Crippen LogP contribution in [0.5, 0.6) is 5.75 Å². The van der Waals surface area contributed by atoms with Crippen molar-refractivity contribution in [3.8, 4) is 5.75 Å². The number of anilines is 1. The normalized spacial score (nSPS) is 14.8. The zero-order valence-corrected chi connectivity index (χ0v) is 11.4. The fourth-order valence-electron chi connectivity index (χ4n) is 2.11. The zero-order valence-electron chi connectivity index (χ0n) is 11.4. The van der Waals surface area contributed by atoms with Gasteiger partial charge in [-0.1, -0.05) is 0 Å². The first-order chi connectivity index (χ1) is 9.24. The summed E-state index contributed by atoms with van der Waals surface area (Å²) in [6.07, 6.45) is 3.63. The maximum atomic E-state index is 11.7. The lowest BCUT2D eigenvalue weighted by Gasteiger charge is -2.26. The number of carbonyl (C=O) groups is 1. The molecule has 0 amide bonds. The second-order valence-corrected chi connectivity index (χ2v) is 4.37. The number of esters is 1. The number of hydrogen-bond donors (Lipinski definition) is 0. The lowest BCUT2D eigenvalue weighted by atomic mass is 10.1. The number of ether oxygens (including phenoxy) is 2. The Balaban J connectivity index is 2.14. The fourth-order valence-corrected chi connectivity index (χ4v) is 2.11. The van der Waals surface area contributed by atoms with Crippen LogP contribution in [0.25, 0.3) is 0 Å². The third-order valence-electron chi connectivity index (χ3n) is 3.10. The number of methoxy groups -OCH3 is 1. The minimum Gasteiger partial charge on any atom is -0.497 e. The summed E-state index contributed by atoms with van der Waals surface area (Å²) in [7, 11) is 1.65. The van der Waals surface area contributed by atoms with Gasteiger partial charge in [0.1, 0.15) is 5.75 Å². The van der Waals surface area contributed by atoms with Gasteiger partial charge in [-0.15, -0.1) is 0 Å². The van der Waals surface area contributed by atoms with Crippen molar-refractivity contribution in [2.45, 2.75) is 19.8 Å². The Kier molecular flexibility index (Phi) is 4.44. The van der Waals surface area contributed by atoms with Gasteiger partial charge in [0, 0.05) is 18.4 Å². The Hall–Kier alpha value is -1.97. The van der Waals surface area contributed by atoms with Crippen LogP contribution in [-0.2, 0) is 9.53 Å². The van der Waals surface area contributed by atoms with E-state index in [2.05, 4.69) is 4.90 Å². The van der Waals surface area contributed by atoms with Crippen LogP contribution in [0, 0.1) is 0 Å². The van der Waals surface area contributed by atoms with Crippen molar-refractivity contribution in [2.75, 3.05) is 25.2 Å². The van der Waals surface area contributed by atoms with Crippen molar-refractivity contribution in [3.63, 3.8) is 0 Å². The summed E-state index contributed by atoms with van der Waals surface area (Å²) in [6, 6.07) is 7.82. The van der Waals surface area contributed by atoms with Gasteiger partial charge in [-0.3, -0.25) is 0 Å². The molecule has 1 aliphatic heterocycles. The largest absolute Gasteiger partial charge is 0.497 e. The van der Waals surface area contributed by atoms with Gasteiger partial charge in [0.2, 0.25) is 0 Å². The summed E-state index contributed by atoms with van der Waals surface area (Å²) in [5, 5.41) is 0. The van der Waals surface area contributed by atoms with E-state index in [4.69, 9.17) is 9.47 Å². The molecule has 0 atom stereocenters. The Morgan fingerprint density at radius 2 is 2.05 bits per heavy atom. The third kappa shape index (κ3) is 3.28. The molecule has 0 aliphatic carbocycles. The summed E-state index contributed by atoms with van der Waals surface area (Å²) in [6.45, 7) is 3.15. The molecule has 0 spiro atoms. The minimum absolute atomic E-state index is 0.208. The SMILES string of the molecule is CCOC(=O)C1=CN(c2ccc(OC)cc2)CCC1. The molecule has 4 heteroatoms. The minimum atomic E-state index is -0.208. The van der Waals surface area contributed by atoms with Crippen LogP contribution in [0.4, 0.5) is 5.69 Å². The molecule has 1 aliphatic rings. The van der Waals surface area contributed by atoms with Crippen LogP contribution in [0.3, 0.4) is 0 Å². The van der Waals surface area contributed by atoms with Crippen LogP contribution in [-0.4, -0.2) is 26.2 Å². The number of benzene rings is 1. The fraction of sp³-hybridized carbons (Fsp3) is 0.400. The highest BCUT2D eigenvalue weighted by Crippen LogP contribution is 2.24. The molecular weight excluding hydrogens is 242 g/mol. The molecule has 4 nitrogen and oxygen atoms in total. The summed E-state index contributed by atoms with van der Waals surface area (Å²) in [5.41, 5.74) is 1.80. The van der Waals surface area contributed by atoms with Gasteiger partial charge in [-0.05, 0) is 44.0 Å². The molecular formula is C15H19NO3. The van der Waals surface area contributed by atoms with Crippen LogP contribution >= 0.6 is 0 Å². The molecule has 0 saturated heterocycles. The first-order valence-corrected chi connectivity index (χ1v) is 6.53. The second kappa shape index (κ2) is 6.27. The van der Waals surface area contributed by atoms with E-state index in [1.54, 1.807) is 7.11 Å². The summed E-state index contributed by atoms with van der Waals surface area (Å²) < 4.78 is 10.2. The van der Waals surface area contributed by atoms with Crippen LogP contribution < -0.4 is 9.64 Å². The van der Waals surface area contributed by atoms with E-state index < -0.39 is 0 Å². The van der Waals surface area contributed by atoms with Gasteiger partial charge in [-0.2, -0.15) is 0 Å². The highest BCUT2D eigenvalue weighted by atomic mass is 16.5. The third-order valence-corrected chi connectivity index (χ3v) is 3.10. The van der Waals surface area contributed by atoms with Crippen molar-refractivity contribution in [1.29, 1.82) is 0 Å². The Morgan fingerprint density at radius 3 is 2.68 bits per heavy atom. The molecule has 0 bridgehead atoms. The van der Waals surface area contributed by atoms with Gasteiger partial charge in [0.15, 0.2) is 0 Å². The summed E-state index contributed by atoms with van der Waals surface area (Å²) in [5.74, 6) is 0.621. The average Bonchev–Trinajstić information content (AvgIpc) is 2.48. The molecule has 0 aromatic heterocycles. The Morgan fingerprint density at radius 1 is 1.32 bits per heavy atom. The number of rotatable bonds is 4. The van der Waals surface area contributed by atoms with Crippen LogP contribution in [0.1, 0.15) is 19.8 Å². The Bertz CT molecular complexity index is 465. The standard InChI is InChI=1S/C15H19NO3/c1-3-19-15(17)12-5-4-10-16(11-12)13-6-8-14(18-2)9-7-13/h6-9,11H,3-5,10H2,1-2H3. The van der Waals surface area contributed by atoms with E-state index in [0.29, 0.717) is 6.61 Å². The molecule has 102 valence electrons. The van der Waals surface area contributed by atoms with Gasteiger partial charge in [-0.25, -0.2) is 4.79 Å². The van der Waals surface area contributed by atoms with E-state index in [1.807, 2.05) is 37.4 Å². The smallest absolute Gasteiger partial charge is 0.335 e. The quantitative estimate of drug-likeness (QED) is 0.781. The van der Waals surface area contributed by atoms with Gasteiger partial charge >= 0.3 is 5.97 Å². The van der Waals surface area contributed by atoms with Gasteiger partial charge in [0.25, 0.3) is 0 Å². The van der Waals surface area contributed by atoms with E-state index in [9.17, 15) is 4.79 Å². The topological polar surface area (TPSA) is 38.8 Å². The van der Waals surface area contributed by atoms with E-state index >= 15 is 0 Å². The number of hydrogen-bond acceptors (Lipinski definition) is 4. The molecule has 1 aromatic rings. The van der Waals surface area contributed by atoms with Crippen molar-refractivity contribution in [2.24, 2.45) is 0 Å². The van der Waals surface area contributed by atoms with E-state index in [-0.39, 0.29) is 5.97 Å². The Labute approximate surface area is 113 Å². The van der Waals surface area contributed by atoms with Crippen molar-refractivity contribution < 1.29 is 14.3 Å². The number of nitrogens with zero attached hydrogens (tertiary/aromatic N) is 1. The lowest BCUT2D eigenvalue weighted by molar-refractivity contribution is -0.138. The molecule has 0 fully saturated rings. The van der Waals surface area contributed by atoms with Crippen molar-refractivity contribution >= 4 is 11.7 Å². The second-order valence-electron chi connectivity index (χ2n) is 4.37. The molecule has 0 unspecified atom stereocenters. The maximum absolute atomic E-state index is 11.7. The van der Waals surface area contributed by atoms with Crippen LogP contribution in [0.15, 0.2) is 36.0 Å². The molecule has 2 rings (SSSR count). The highest BCUT2D eigenvalue weighted by molar-refractivity contribution is 5.89. The predicted octanol–water partition coefficient (Wildman–Crippen LogP) is 2.74. The molecule has 19 heavy (non-hydrogen) atoms. The van der Waals surface area contributed by atoms with Crippen molar-refractivity contribution in [3.05, 3.63) is 36.0 Å². The van der Waals surface area contributed by atoms with E-state index in [0.717, 1.165) is 36.4 Å². The molecule has 0 radical (unpaired) electrons. The molecule has 0 N–H and O–H groups in total. The van der Waals surface area contributed by atoms with Crippen molar-refractivity contribution in [1.82, 2.24) is 0 Å². The maximum Gasteiger partial charge on any atom is 0.335 e. The van der Waals surface area contributed by atoms with Gasteiger partial charge in [0.05, 0.1) is 19.3 Å². The molecule has 0 saturated carbocycles. The van der Waals surface area contributed by atoms with Crippen LogP contribution in [0.2, 0.25) is 0 Å². The van der Waals surface area contributed by atoms with E-state index in [1.165, 1.54) is 0 Å². The first-order valence-electron chi connectivity index (χ1n) is 6.53. The first kappa shape index (κ1) is 13.5. The lowest BCUT2D eigenvalue weighted by Crippen LogP contribution is -2.25. The summed E-state index contributed by atoms with van der Waals surface area (Å²) >= 11 is 0. The number of carbonyl (C=O) groups excluding carboxylic acids is 1. The highest BCUT2D eigenvalue weighted by Gasteiger charge is 2.18. The molecule has 1 heterocycles. The average molecular weight is 261 g/mol. The monoisotopic (exact) mass is 261 g/mol. The molecule has 1 aromatic carbocycles. The predicted molar refractivity (Wildman–Crippen MR) is 74.3 cm³/mol. The zero-order chi connectivity index (χ0) is 13.7. The van der Waals surface area contributed by atoms with Gasteiger partial charge < -0.3 is 14.4 Å².